The van der Waals surface area contributed by atoms with Crippen molar-refractivity contribution < 1.29 is 9.53 Å². The van der Waals surface area contributed by atoms with Crippen molar-refractivity contribution in [1.29, 1.82) is 0 Å². The minimum Gasteiger partial charge on any atom is -0.461 e. The third-order valence-electron chi connectivity index (χ3n) is 3.85. The average molecular weight is 311 g/mol. The monoisotopic (exact) mass is 311 g/mol. The van der Waals surface area contributed by atoms with Crippen LogP contribution >= 0.6 is 0 Å². The molecule has 1 aliphatic carbocycles. The molecule has 118 valence electrons. The van der Waals surface area contributed by atoms with Gasteiger partial charge in [0.1, 0.15) is 0 Å². The molecule has 0 N–H and O–H groups in total. The van der Waals surface area contributed by atoms with E-state index in [1.54, 1.807) is 19.4 Å². The van der Waals surface area contributed by atoms with Crippen molar-refractivity contribution in [3.8, 4) is 0 Å². The summed E-state index contributed by atoms with van der Waals surface area (Å²) in [6, 6.07) is 4.06. The van der Waals surface area contributed by atoms with Gasteiger partial charge in [-0.25, -0.2) is 19.3 Å². The number of rotatable bonds is 5. The van der Waals surface area contributed by atoms with E-state index < -0.39 is 5.97 Å². The van der Waals surface area contributed by atoms with Gasteiger partial charge in [0.15, 0.2) is 11.3 Å². The molecule has 3 aromatic heterocycles. The van der Waals surface area contributed by atoms with Gasteiger partial charge in [0, 0.05) is 12.1 Å². The zero-order valence-corrected chi connectivity index (χ0v) is 12.8. The van der Waals surface area contributed by atoms with Gasteiger partial charge in [-0.3, -0.25) is 0 Å². The van der Waals surface area contributed by atoms with E-state index in [2.05, 4.69) is 21.1 Å². The summed E-state index contributed by atoms with van der Waals surface area (Å²) in [6.45, 7) is 2.65. The topological polar surface area (TPSA) is 74.3 Å². The van der Waals surface area contributed by atoms with Crippen LogP contribution in [0.1, 0.15) is 47.6 Å². The molecule has 7 nitrogen and oxygen atoms in total. The standard InChI is InChI=1S/C16H17N5O2/c1-2-23-16(22)14-9-20(10-17-14)7-12-8-21-15(18-12)6-5-13(19-21)11-3-4-11/h5-6,8-11H,2-4,7H2,1H3. The predicted octanol–water partition coefficient (Wildman–Crippen LogP) is 2.03. The summed E-state index contributed by atoms with van der Waals surface area (Å²) in [5, 5.41) is 4.61. The second-order valence-electron chi connectivity index (χ2n) is 5.72. The maximum absolute atomic E-state index is 11.6. The number of fused-ring (bicyclic) bond motifs is 1. The highest BCUT2D eigenvalue weighted by atomic mass is 16.5. The van der Waals surface area contributed by atoms with E-state index in [9.17, 15) is 4.79 Å². The van der Waals surface area contributed by atoms with Crippen LogP contribution in [-0.4, -0.2) is 36.7 Å². The summed E-state index contributed by atoms with van der Waals surface area (Å²) in [7, 11) is 0. The Balaban J connectivity index is 1.54. The molecular formula is C16H17N5O2. The maximum atomic E-state index is 11.6. The fourth-order valence-electron chi connectivity index (χ4n) is 2.56. The van der Waals surface area contributed by atoms with Crippen molar-refractivity contribution in [3.63, 3.8) is 0 Å². The number of esters is 1. The highest BCUT2D eigenvalue weighted by Crippen LogP contribution is 2.38. The minimum atomic E-state index is -0.406. The molecule has 0 spiro atoms. The molecule has 7 heteroatoms. The molecule has 3 aromatic rings. The first-order valence-corrected chi connectivity index (χ1v) is 7.77. The second kappa shape index (κ2) is 5.49. The number of aromatic nitrogens is 5. The molecule has 0 radical (unpaired) electrons. The first kappa shape index (κ1) is 13.9. The van der Waals surface area contributed by atoms with Gasteiger partial charge in [-0.1, -0.05) is 0 Å². The molecule has 3 heterocycles. The molecule has 0 amide bonds. The smallest absolute Gasteiger partial charge is 0.358 e. The Kier molecular flexibility index (Phi) is 3.33. The molecule has 1 fully saturated rings. The molecule has 0 bridgehead atoms. The van der Waals surface area contributed by atoms with Crippen molar-refractivity contribution >= 4 is 11.6 Å². The number of ether oxygens (including phenoxy) is 1. The number of carbonyl (C=O) groups excluding carboxylic acids is 1. The number of hydrogen-bond donors (Lipinski definition) is 0. The van der Waals surface area contributed by atoms with Crippen molar-refractivity contribution in [2.24, 2.45) is 0 Å². The Morgan fingerprint density at radius 2 is 2.22 bits per heavy atom. The molecule has 0 aliphatic heterocycles. The van der Waals surface area contributed by atoms with Gasteiger partial charge in [0.25, 0.3) is 0 Å². The third-order valence-corrected chi connectivity index (χ3v) is 3.85. The lowest BCUT2D eigenvalue weighted by atomic mass is 10.3. The van der Waals surface area contributed by atoms with Crippen molar-refractivity contribution in [2.75, 3.05) is 6.61 Å². The number of carbonyl (C=O) groups is 1. The van der Waals surface area contributed by atoms with Crippen LogP contribution in [0.25, 0.3) is 5.65 Å². The second-order valence-corrected chi connectivity index (χ2v) is 5.72. The van der Waals surface area contributed by atoms with Crippen LogP contribution in [0.15, 0.2) is 30.9 Å². The number of nitrogens with zero attached hydrogens (tertiary/aromatic N) is 5. The summed E-state index contributed by atoms with van der Waals surface area (Å²) in [5.74, 6) is 0.211. The van der Waals surface area contributed by atoms with E-state index in [1.165, 1.54) is 12.8 Å². The summed E-state index contributed by atoms with van der Waals surface area (Å²) in [5.41, 5.74) is 3.15. The van der Waals surface area contributed by atoms with Crippen LogP contribution in [0.5, 0.6) is 0 Å². The van der Waals surface area contributed by atoms with Gasteiger partial charge in [-0.15, -0.1) is 0 Å². The Labute approximate surface area is 132 Å². The lowest BCUT2D eigenvalue weighted by Crippen LogP contribution is -2.05. The van der Waals surface area contributed by atoms with Crippen LogP contribution in [-0.2, 0) is 11.3 Å². The Morgan fingerprint density at radius 1 is 1.35 bits per heavy atom. The summed E-state index contributed by atoms with van der Waals surface area (Å²) < 4.78 is 8.58. The fourth-order valence-corrected chi connectivity index (χ4v) is 2.56. The van der Waals surface area contributed by atoms with Crippen LogP contribution in [0.3, 0.4) is 0 Å². The van der Waals surface area contributed by atoms with Crippen molar-refractivity contribution in [1.82, 2.24) is 24.1 Å². The van der Waals surface area contributed by atoms with E-state index in [1.807, 2.05) is 21.3 Å². The zero-order chi connectivity index (χ0) is 15.8. The van der Waals surface area contributed by atoms with Gasteiger partial charge < -0.3 is 9.30 Å². The first-order chi connectivity index (χ1) is 11.2. The largest absolute Gasteiger partial charge is 0.461 e. The molecule has 4 rings (SSSR count). The van der Waals surface area contributed by atoms with E-state index in [4.69, 9.17) is 4.74 Å². The van der Waals surface area contributed by atoms with Gasteiger partial charge in [0.05, 0.1) is 37.1 Å². The Bertz CT molecular complexity index is 862. The zero-order valence-electron chi connectivity index (χ0n) is 12.8. The SMILES string of the molecule is CCOC(=O)c1cn(Cc2cn3nc(C4CC4)ccc3n2)cn1. The predicted molar refractivity (Wildman–Crippen MR) is 82.2 cm³/mol. The van der Waals surface area contributed by atoms with E-state index in [0.29, 0.717) is 24.8 Å². The normalized spacial score (nSPS) is 14.3. The Morgan fingerprint density at radius 3 is 3.00 bits per heavy atom. The van der Waals surface area contributed by atoms with Crippen molar-refractivity contribution in [3.05, 3.63) is 47.9 Å². The summed E-state index contributed by atoms with van der Waals surface area (Å²) in [4.78, 5) is 20.3. The quantitative estimate of drug-likeness (QED) is 0.674. The maximum Gasteiger partial charge on any atom is 0.358 e. The van der Waals surface area contributed by atoms with E-state index in [-0.39, 0.29) is 0 Å². The Hall–Kier alpha value is -2.70. The molecule has 23 heavy (non-hydrogen) atoms. The first-order valence-electron chi connectivity index (χ1n) is 7.77. The summed E-state index contributed by atoms with van der Waals surface area (Å²) >= 11 is 0. The lowest BCUT2D eigenvalue weighted by molar-refractivity contribution is 0.0520. The molecule has 0 saturated heterocycles. The molecule has 0 unspecified atom stereocenters. The molecule has 1 aliphatic rings. The van der Waals surface area contributed by atoms with Gasteiger partial charge in [-0.2, -0.15) is 5.10 Å². The minimum absolute atomic E-state index is 0.310. The van der Waals surface area contributed by atoms with Crippen LogP contribution in [0, 0.1) is 0 Å². The third kappa shape index (κ3) is 2.81. The number of imidazole rings is 2. The van der Waals surface area contributed by atoms with Gasteiger partial charge in [-0.05, 0) is 31.9 Å². The fraction of sp³-hybridized carbons (Fsp3) is 0.375. The van der Waals surface area contributed by atoms with E-state index in [0.717, 1.165) is 17.0 Å². The molecule has 1 saturated carbocycles. The van der Waals surface area contributed by atoms with Gasteiger partial charge >= 0.3 is 5.97 Å². The highest BCUT2D eigenvalue weighted by molar-refractivity contribution is 5.86. The van der Waals surface area contributed by atoms with Gasteiger partial charge in [0.2, 0.25) is 0 Å². The van der Waals surface area contributed by atoms with E-state index >= 15 is 0 Å². The average Bonchev–Trinajstić information content (AvgIpc) is 3.15. The molecular weight excluding hydrogens is 294 g/mol. The molecule has 0 atom stereocenters. The molecule has 0 aromatic carbocycles. The van der Waals surface area contributed by atoms with Crippen LogP contribution < -0.4 is 0 Å². The number of hydrogen-bond acceptors (Lipinski definition) is 5. The highest BCUT2D eigenvalue weighted by Gasteiger charge is 2.25. The summed E-state index contributed by atoms with van der Waals surface area (Å²) in [6.07, 6.45) is 7.66. The van der Waals surface area contributed by atoms with Crippen LogP contribution in [0.2, 0.25) is 0 Å². The van der Waals surface area contributed by atoms with Crippen molar-refractivity contribution in [2.45, 2.75) is 32.2 Å². The lowest BCUT2D eigenvalue weighted by Gasteiger charge is -1.97. The van der Waals surface area contributed by atoms with Crippen LogP contribution in [0.4, 0.5) is 0 Å².